The van der Waals surface area contributed by atoms with Crippen molar-refractivity contribution in [1.29, 1.82) is 0 Å². The van der Waals surface area contributed by atoms with E-state index in [-0.39, 0.29) is 0 Å². The van der Waals surface area contributed by atoms with Crippen molar-refractivity contribution in [3.8, 4) is 0 Å². The lowest BCUT2D eigenvalue weighted by Crippen LogP contribution is -1.86. The molecule has 0 radical (unpaired) electrons. The van der Waals surface area contributed by atoms with Gasteiger partial charge in [0.05, 0.1) is 0 Å². The third kappa shape index (κ3) is 3.31. The van der Waals surface area contributed by atoms with Gasteiger partial charge in [-0.05, 0) is 37.5 Å². The second-order valence-electron chi connectivity index (χ2n) is 3.17. The molecule has 0 aliphatic heterocycles. The summed E-state index contributed by atoms with van der Waals surface area (Å²) in [5.41, 5.74) is 2.79. The largest absolute Gasteiger partial charge is 0.179 e. The van der Waals surface area contributed by atoms with Gasteiger partial charge >= 0.3 is 0 Å². The highest BCUT2D eigenvalue weighted by atomic mass is 32.1. The van der Waals surface area contributed by atoms with Gasteiger partial charge < -0.3 is 0 Å². The van der Waals surface area contributed by atoms with E-state index < -0.39 is 0 Å². The van der Waals surface area contributed by atoms with Crippen LogP contribution in [0.1, 0.15) is 24.0 Å². The van der Waals surface area contributed by atoms with Crippen molar-refractivity contribution in [3.05, 3.63) is 35.4 Å². The molecule has 0 spiro atoms. The standard InChI is InChI=1S/C11H16S/c1-10-5-7-11(8-6-10)4-2-3-9-12/h5-8,12H,2-4,9H2,1H3. The van der Waals surface area contributed by atoms with Gasteiger partial charge in [-0.1, -0.05) is 29.8 Å². The molecule has 1 rings (SSSR count). The van der Waals surface area contributed by atoms with Crippen molar-refractivity contribution in [1.82, 2.24) is 0 Å². The number of hydrogen-bond acceptors (Lipinski definition) is 1. The van der Waals surface area contributed by atoms with E-state index in [9.17, 15) is 0 Å². The third-order valence-corrected chi connectivity index (χ3v) is 2.31. The lowest BCUT2D eigenvalue weighted by molar-refractivity contribution is 0.804. The van der Waals surface area contributed by atoms with Crippen molar-refractivity contribution in [3.63, 3.8) is 0 Å². The van der Waals surface area contributed by atoms with E-state index in [1.54, 1.807) is 0 Å². The first-order valence-electron chi connectivity index (χ1n) is 4.49. The maximum absolute atomic E-state index is 4.18. The third-order valence-electron chi connectivity index (χ3n) is 1.99. The fourth-order valence-corrected chi connectivity index (χ4v) is 1.42. The summed E-state index contributed by atoms with van der Waals surface area (Å²) in [6, 6.07) is 8.79. The Labute approximate surface area is 80.4 Å². The molecule has 0 aliphatic carbocycles. The quantitative estimate of drug-likeness (QED) is 0.533. The first-order chi connectivity index (χ1) is 5.83. The number of benzene rings is 1. The van der Waals surface area contributed by atoms with E-state index in [1.807, 2.05) is 0 Å². The minimum atomic E-state index is 1.01. The Kier molecular flexibility index (Phi) is 4.23. The van der Waals surface area contributed by atoms with Gasteiger partial charge in [0.15, 0.2) is 0 Å². The predicted molar refractivity (Wildman–Crippen MR) is 58.0 cm³/mol. The molecule has 0 saturated heterocycles. The number of hydrogen-bond donors (Lipinski definition) is 1. The van der Waals surface area contributed by atoms with Crippen molar-refractivity contribution in [2.45, 2.75) is 26.2 Å². The molecular weight excluding hydrogens is 164 g/mol. The second kappa shape index (κ2) is 5.26. The lowest BCUT2D eigenvalue weighted by atomic mass is 10.1. The van der Waals surface area contributed by atoms with E-state index in [0.29, 0.717) is 0 Å². The van der Waals surface area contributed by atoms with Gasteiger partial charge in [-0.15, -0.1) is 0 Å². The molecule has 1 heteroatoms. The molecule has 66 valence electrons. The average Bonchev–Trinajstić information content (AvgIpc) is 2.09. The molecule has 0 N–H and O–H groups in total. The van der Waals surface area contributed by atoms with Crippen LogP contribution in [0.3, 0.4) is 0 Å². The summed E-state index contributed by atoms with van der Waals surface area (Å²) in [7, 11) is 0. The van der Waals surface area contributed by atoms with Crippen molar-refractivity contribution < 1.29 is 0 Å². The smallest absolute Gasteiger partial charge is 0.00978 e. The molecule has 1 aromatic rings. The zero-order valence-corrected chi connectivity index (χ0v) is 8.48. The average molecular weight is 180 g/mol. The Hall–Kier alpha value is -0.430. The number of rotatable bonds is 4. The summed E-state index contributed by atoms with van der Waals surface area (Å²) in [5.74, 6) is 1.01. The normalized spacial score (nSPS) is 10.2. The van der Waals surface area contributed by atoms with Gasteiger partial charge in [0, 0.05) is 0 Å². The molecule has 0 fully saturated rings. The van der Waals surface area contributed by atoms with Crippen molar-refractivity contribution in [2.75, 3.05) is 5.75 Å². The summed E-state index contributed by atoms with van der Waals surface area (Å²) in [6.45, 7) is 2.12. The first kappa shape index (κ1) is 9.66. The highest BCUT2D eigenvalue weighted by Gasteiger charge is 1.91. The van der Waals surface area contributed by atoms with Gasteiger partial charge in [-0.3, -0.25) is 0 Å². The van der Waals surface area contributed by atoms with Crippen LogP contribution in [0.15, 0.2) is 24.3 Å². The Morgan fingerprint density at radius 2 is 1.75 bits per heavy atom. The van der Waals surface area contributed by atoms with Gasteiger partial charge in [-0.25, -0.2) is 0 Å². The SMILES string of the molecule is Cc1ccc(CCCCS)cc1. The van der Waals surface area contributed by atoms with Gasteiger partial charge in [0.25, 0.3) is 0 Å². The van der Waals surface area contributed by atoms with Crippen LogP contribution >= 0.6 is 12.6 Å². The van der Waals surface area contributed by atoms with E-state index in [1.165, 1.54) is 30.4 Å². The summed E-state index contributed by atoms with van der Waals surface area (Å²) >= 11 is 4.18. The minimum absolute atomic E-state index is 1.01. The van der Waals surface area contributed by atoms with Gasteiger partial charge in [-0.2, -0.15) is 12.6 Å². The molecule has 0 saturated carbocycles. The molecule has 1 aromatic carbocycles. The molecule has 0 heterocycles. The summed E-state index contributed by atoms with van der Waals surface area (Å²) in [4.78, 5) is 0. The topological polar surface area (TPSA) is 0 Å². The van der Waals surface area contributed by atoms with Crippen molar-refractivity contribution >= 4 is 12.6 Å². The van der Waals surface area contributed by atoms with Crippen LogP contribution in [0.25, 0.3) is 0 Å². The number of aryl methyl sites for hydroxylation is 2. The second-order valence-corrected chi connectivity index (χ2v) is 3.61. The Morgan fingerprint density at radius 1 is 1.08 bits per heavy atom. The fourth-order valence-electron chi connectivity index (χ4n) is 1.20. The molecule has 0 aromatic heterocycles. The van der Waals surface area contributed by atoms with E-state index in [2.05, 4.69) is 43.8 Å². The fraction of sp³-hybridized carbons (Fsp3) is 0.455. The molecule has 0 nitrogen and oxygen atoms in total. The molecule has 0 amide bonds. The first-order valence-corrected chi connectivity index (χ1v) is 5.12. The lowest BCUT2D eigenvalue weighted by Gasteiger charge is -2.00. The summed E-state index contributed by atoms with van der Waals surface area (Å²) in [5, 5.41) is 0. The molecule has 12 heavy (non-hydrogen) atoms. The zero-order chi connectivity index (χ0) is 8.81. The Bertz CT molecular complexity index is 213. The zero-order valence-electron chi connectivity index (χ0n) is 7.59. The van der Waals surface area contributed by atoms with Crippen LogP contribution in [-0.2, 0) is 6.42 Å². The molecule has 0 atom stereocenters. The summed E-state index contributed by atoms with van der Waals surface area (Å²) in [6.07, 6.45) is 3.67. The van der Waals surface area contributed by atoms with E-state index in [4.69, 9.17) is 0 Å². The molecular formula is C11H16S. The molecule has 0 aliphatic rings. The predicted octanol–water partition coefficient (Wildman–Crippen LogP) is 3.25. The van der Waals surface area contributed by atoms with Crippen molar-refractivity contribution in [2.24, 2.45) is 0 Å². The van der Waals surface area contributed by atoms with Gasteiger partial charge in [0.2, 0.25) is 0 Å². The van der Waals surface area contributed by atoms with Crippen LogP contribution in [0.4, 0.5) is 0 Å². The van der Waals surface area contributed by atoms with Crippen LogP contribution < -0.4 is 0 Å². The van der Waals surface area contributed by atoms with Crippen LogP contribution in [-0.4, -0.2) is 5.75 Å². The Morgan fingerprint density at radius 3 is 2.33 bits per heavy atom. The minimum Gasteiger partial charge on any atom is -0.179 e. The maximum Gasteiger partial charge on any atom is -0.00978 e. The van der Waals surface area contributed by atoms with E-state index in [0.717, 1.165) is 5.75 Å². The number of thiol groups is 1. The van der Waals surface area contributed by atoms with Crippen LogP contribution in [0.5, 0.6) is 0 Å². The monoisotopic (exact) mass is 180 g/mol. The van der Waals surface area contributed by atoms with Gasteiger partial charge in [0.1, 0.15) is 0 Å². The molecule has 0 unspecified atom stereocenters. The number of unbranched alkanes of at least 4 members (excludes halogenated alkanes) is 1. The van der Waals surface area contributed by atoms with E-state index >= 15 is 0 Å². The maximum atomic E-state index is 4.18. The Balaban J connectivity index is 2.37. The highest BCUT2D eigenvalue weighted by molar-refractivity contribution is 7.80. The van der Waals surface area contributed by atoms with Crippen LogP contribution in [0, 0.1) is 6.92 Å². The van der Waals surface area contributed by atoms with Crippen LogP contribution in [0.2, 0.25) is 0 Å². The molecule has 0 bridgehead atoms. The summed E-state index contributed by atoms with van der Waals surface area (Å²) < 4.78 is 0. The highest BCUT2D eigenvalue weighted by Crippen LogP contribution is 2.07.